The Kier molecular flexibility index (Phi) is 9.31. The highest BCUT2D eigenvalue weighted by Gasteiger charge is 2.59. The summed E-state index contributed by atoms with van der Waals surface area (Å²) in [5.41, 5.74) is -0.386. The van der Waals surface area contributed by atoms with Gasteiger partial charge in [0.2, 0.25) is 5.91 Å². The number of carbonyl (C=O) groups excluding carboxylic acids is 2. The van der Waals surface area contributed by atoms with E-state index in [1.165, 1.54) is 7.11 Å². The van der Waals surface area contributed by atoms with Crippen molar-refractivity contribution in [3.8, 4) is 0 Å². The van der Waals surface area contributed by atoms with Crippen molar-refractivity contribution in [3.63, 3.8) is 0 Å². The van der Waals surface area contributed by atoms with E-state index in [1.807, 2.05) is 13.8 Å². The van der Waals surface area contributed by atoms with Gasteiger partial charge in [0, 0.05) is 30.6 Å². The van der Waals surface area contributed by atoms with E-state index >= 15 is 0 Å². The van der Waals surface area contributed by atoms with Gasteiger partial charge < -0.3 is 25.6 Å². The van der Waals surface area contributed by atoms with Crippen LogP contribution in [0.4, 0.5) is 5.69 Å². The number of carboxylic acids is 2. The first-order chi connectivity index (χ1) is 18.2. The Morgan fingerprint density at radius 1 is 1.00 bits per heavy atom. The minimum absolute atomic E-state index is 0.00583. The third kappa shape index (κ3) is 6.21. The molecule has 1 aliphatic rings. The molecule has 1 fully saturated rings. The summed E-state index contributed by atoms with van der Waals surface area (Å²) in [4.78, 5) is 49.7. The molecule has 0 spiro atoms. The molecular weight excluding hydrogens is 547 g/mol. The fraction of sp³-hybridized carbons (Fsp3) is 0.429. The number of benzene rings is 2. The van der Waals surface area contributed by atoms with E-state index in [0.29, 0.717) is 24.1 Å². The monoisotopic (exact) mass is 578 g/mol. The standard InChI is InChI=1S/C28H32Cl2N2O7/c1-27(2)17(12-13-28(27,3)22(39-4)26(37)38)23(33)32-20(25(35)36)14-15-8-10-16(11-9-15)31-24(34)21-18(29)6-5-7-19(21)30/h5-11,17,20,22H,12-14H2,1-4H3,(H,31,34)(H,32,33)(H,35,36)(H,37,38). The van der Waals surface area contributed by atoms with Crippen molar-refractivity contribution in [3.05, 3.63) is 63.6 Å². The van der Waals surface area contributed by atoms with Gasteiger partial charge in [0.05, 0.1) is 15.6 Å². The molecule has 2 amide bonds. The van der Waals surface area contributed by atoms with Gasteiger partial charge in [0.1, 0.15) is 6.04 Å². The average Bonchev–Trinajstić information content (AvgIpc) is 3.08. The zero-order chi connectivity index (χ0) is 29.1. The van der Waals surface area contributed by atoms with Crippen molar-refractivity contribution in [2.45, 2.75) is 52.2 Å². The Bertz CT molecular complexity index is 1240. The van der Waals surface area contributed by atoms with Gasteiger partial charge in [-0.25, -0.2) is 9.59 Å². The van der Waals surface area contributed by atoms with Crippen LogP contribution in [0.25, 0.3) is 0 Å². The fourth-order valence-electron chi connectivity index (χ4n) is 5.43. The Balaban J connectivity index is 1.69. The lowest BCUT2D eigenvalue weighted by Crippen LogP contribution is -2.52. The van der Waals surface area contributed by atoms with E-state index in [1.54, 1.807) is 49.4 Å². The van der Waals surface area contributed by atoms with Crippen LogP contribution in [-0.4, -0.2) is 53.2 Å². The zero-order valence-corrected chi connectivity index (χ0v) is 23.6. The molecule has 0 heterocycles. The topological polar surface area (TPSA) is 142 Å². The molecular formula is C28H32Cl2N2O7. The largest absolute Gasteiger partial charge is 0.480 e. The van der Waals surface area contributed by atoms with Gasteiger partial charge in [-0.3, -0.25) is 9.59 Å². The predicted molar refractivity (Wildman–Crippen MR) is 147 cm³/mol. The quantitative estimate of drug-likeness (QED) is 0.314. The molecule has 4 unspecified atom stereocenters. The lowest BCUT2D eigenvalue weighted by Gasteiger charge is -2.44. The highest BCUT2D eigenvalue weighted by molar-refractivity contribution is 6.40. The second kappa shape index (κ2) is 11.9. The van der Waals surface area contributed by atoms with Crippen LogP contribution in [0.5, 0.6) is 0 Å². The molecule has 1 aliphatic carbocycles. The molecule has 0 radical (unpaired) electrons. The Labute approximate surface area is 236 Å². The SMILES string of the molecule is COC(C(=O)O)C1(C)CCC(C(=O)NC(Cc2ccc(NC(=O)c3c(Cl)cccc3Cl)cc2)C(=O)O)C1(C)C. The maximum atomic E-state index is 13.3. The summed E-state index contributed by atoms with van der Waals surface area (Å²) in [6.45, 7) is 5.42. The van der Waals surface area contributed by atoms with Gasteiger partial charge >= 0.3 is 11.9 Å². The van der Waals surface area contributed by atoms with Gasteiger partial charge in [-0.05, 0) is 48.1 Å². The first-order valence-corrected chi connectivity index (χ1v) is 13.1. The van der Waals surface area contributed by atoms with E-state index in [2.05, 4.69) is 10.6 Å². The van der Waals surface area contributed by atoms with Gasteiger partial charge in [0.25, 0.3) is 5.91 Å². The number of amides is 2. The predicted octanol–water partition coefficient (Wildman–Crippen LogP) is 4.90. The van der Waals surface area contributed by atoms with Crippen molar-refractivity contribution in [1.29, 1.82) is 0 Å². The lowest BCUT2D eigenvalue weighted by molar-refractivity contribution is -0.165. The first-order valence-electron chi connectivity index (χ1n) is 12.4. The van der Waals surface area contributed by atoms with E-state index in [-0.39, 0.29) is 22.0 Å². The highest BCUT2D eigenvalue weighted by atomic mass is 35.5. The van der Waals surface area contributed by atoms with Crippen LogP contribution in [0.15, 0.2) is 42.5 Å². The number of ether oxygens (including phenoxy) is 1. The summed E-state index contributed by atoms with van der Waals surface area (Å²) in [5.74, 6) is -3.84. The number of nitrogens with one attached hydrogen (secondary N) is 2. The lowest BCUT2D eigenvalue weighted by atomic mass is 9.62. The maximum Gasteiger partial charge on any atom is 0.333 e. The van der Waals surface area contributed by atoms with E-state index in [9.17, 15) is 29.4 Å². The number of halogens is 2. The third-order valence-corrected chi connectivity index (χ3v) is 8.74. The van der Waals surface area contributed by atoms with Crippen molar-refractivity contribution in [2.24, 2.45) is 16.7 Å². The van der Waals surface area contributed by atoms with Gasteiger partial charge in [0.15, 0.2) is 6.10 Å². The molecule has 2 aromatic rings. The van der Waals surface area contributed by atoms with E-state index < -0.39 is 52.6 Å². The Morgan fingerprint density at radius 3 is 2.10 bits per heavy atom. The van der Waals surface area contributed by atoms with Crippen LogP contribution < -0.4 is 10.6 Å². The van der Waals surface area contributed by atoms with Crippen LogP contribution >= 0.6 is 23.2 Å². The van der Waals surface area contributed by atoms with Gasteiger partial charge in [-0.1, -0.05) is 62.2 Å². The smallest absolute Gasteiger partial charge is 0.333 e. The summed E-state index contributed by atoms with van der Waals surface area (Å²) >= 11 is 12.2. The van der Waals surface area contributed by atoms with E-state index in [4.69, 9.17) is 27.9 Å². The molecule has 3 rings (SSSR count). The number of hydrogen-bond donors (Lipinski definition) is 4. The van der Waals surface area contributed by atoms with Crippen LogP contribution in [0.3, 0.4) is 0 Å². The molecule has 0 aliphatic heterocycles. The number of hydrogen-bond acceptors (Lipinski definition) is 5. The van der Waals surface area contributed by atoms with Crippen molar-refractivity contribution in [2.75, 3.05) is 12.4 Å². The molecule has 4 N–H and O–H groups in total. The number of aliphatic carboxylic acids is 2. The van der Waals surface area contributed by atoms with Crippen molar-refractivity contribution < 1.29 is 34.1 Å². The second-order valence-electron chi connectivity index (χ2n) is 10.5. The Hall–Kier alpha value is -3.14. The van der Waals surface area contributed by atoms with Gasteiger partial charge in [-0.15, -0.1) is 0 Å². The summed E-state index contributed by atoms with van der Waals surface area (Å²) < 4.78 is 5.27. The third-order valence-electron chi connectivity index (χ3n) is 8.11. The molecule has 1 saturated carbocycles. The van der Waals surface area contributed by atoms with Crippen LogP contribution in [0, 0.1) is 16.7 Å². The van der Waals surface area contributed by atoms with Crippen LogP contribution in [-0.2, 0) is 25.5 Å². The van der Waals surface area contributed by atoms with Crippen molar-refractivity contribution >= 4 is 52.6 Å². The highest BCUT2D eigenvalue weighted by Crippen LogP contribution is 2.58. The van der Waals surface area contributed by atoms with Gasteiger partial charge in [-0.2, -0.15) is 0 Å². The van der Waals surface area contributed by atoms with Crippen LogP contribution in [0.1, 0.15) is 49.5 Å². The number of anilines is 1. The molecule has 210 valence electrons. The molecule has 0 bridgehead atoms. The number of carbonyl (C=O) groups is 4. The summed E-state index contributed by atoms with van der Waals surface area (Å²) in [7, 11) is 1.33. The molecule has 9 nitrogen and oxygen atoms in total. The number of carboxylic acid groups (broad SMARTS) is 2. The zero-order valence-electron chi connectivity index (χ0n) is 22.1. The summed E-state index contributed by atoms with van der Waals surface area (Å²) in [6.07, 6.45) is -0.258. The normalized spacial score (nSPS) is 21.5. The summed E-state index contributed by atoms with van der Waals surface area (Å²) in [6, 6.07) is 10.1. The molecule has 0 saturated heterocycles. The average molecular weight is 579 g/mol. The molecule has 2 aromatic carbocycles. The number of methoxy groups -OCH3 is 1. The summed E-state index contributed by atoms with van der Waals surface area (Å²) in [5, 5.41) is 25.2. The second-order valence-corrected chi connectivity index (χ2v) is 11.4. The molecule has 39 heavy (non-hydrogen) atoms. The molecule has 11 heteroatoms. The van der Waals surface area contributed by atoms with Crippen LogP contribution in [0.2, 0.25) is 10.0 Å². The fourth-order valence-corrected chi connectivity index (χ4v) is 6.00. The first kappa shape index (κ1) is 30.4. The number of rotatable bonds is 10. The molecule has 0 aromatic heterocycles. The Morgan fingerprint density at radius 2 is 1.59 bits per heavy atom. The maximum absolute atomic E-state index is 13.3. The minimum Gasteiger partial charge on any atom is -0.480 e. The van der Waals surface area contributed by atoms with Crippen molar-refractivity contribution in [1.82, 2.24) is 5.32 Å². The van der Waals surface area contributed by atoms with E-state index in [0.717, 1.165) is 0 Å². The molecule has 4 atom stereocenters. The minimum atomic E-state index is -1.21.